The van der Waals surface area contributed by atoms with E-state index in [1.165, 1.54) is 4.68 Å². The van der Waals surface area contributed by atoms with Gasteiger partial charge in [-0.05, 0) is 44.6 Å². The lowest BCUT2D eigenvalue weighted by Gasteiger charge is -2.43. The summed E-state index contributed by atoms with van der Waals surface area (Å²) in [5, 5.41) is 16.0. The number of aromatic nitrogens is 4. The third kappa shape index (κ3) is 3.93. The summed E-state index contributed by atoms with van der Waals surface area (Å²) >= 11 is 0. The van der Waals surface area contributed by atoms with Crippen molar-refractivity contribution in [2.45, 2.75) is 95.0 Å². The van der Waals surface area contributed by atoms with Gasteiger partial charge in [0, 0.05) is 54.5 Å². The van der Waals surface area contributed by atoms with Crippen LogP contribution in [0.1, 0.15) is 81.3 Å². The Morgan fingerprint density at radius 1 is 1.10 bits per heavy atom. The summed E-state index contributed by atoms with van der Waals surface area (Å²) in [4.78, 5) is 23.9. The molecule has 2 aliphatic heterocycles. The van der Waals surface area contributed by atoms with Gasteiger partial charge in [-0.15, -0.1) is 0 Å². The topological polar surface area (TPSA) is 84.1 Å². The number of aliphatic hydroxyl groups is 1. The quantitative estimate of drug-likeness (QED) is 0.790. The number of rotatable bonds is 6. The molecule has 0 aromatic carbocycles. The van der Waals surface area contributed by atoms with E-state index < -0.39 is 5.60 Å². The highest BCUT2D eigenvalue weighted by Crippen LogP contribution is 2.42. The molecule has 7 heteroatoms. The molecule has 2 atom stereocenters. The third-order valence-electron chi connectivity index (χ3n) is 6.94. The normalized spacial score (nSPS) is 28.9. The SMILES string of the molecule is CC(C)c1ncc(CN2[C@H]3CC[C@H]2CC(O)(Cn2nc(C4CC4)ccc2=O)C3)cn1. The molecule has 1 aliphatic carbocycles. The van der Waals surface area contributed by atoms with Crippen molar-refractivity contribution in [1.29, 1.82) is 0 Å². The lowest BCUT2D eigenvalue weighted by atomic mass is 9.85. The Hall–Kier alpha value is -2.12. The minimum atomic E-state index is -0.876. The van der Waals surface area contributed by atoms with Gasteiger partial charge in [0.25, 0.3) is 5.56 Å². The fourth-order valence-electron chi connectivity index (χ4n) is 5.21. The Labute approximate surface area is 177 Å². The van der Waals surface area contributed by atoms with Crippen molar-refractivity contribution in [3.63, 3.8) is 0 Å². The minimum absolute atomic E-state index is 0.120. The van der Waals surface area contributed by atoms with E-state index in [-0.39, 0.29) is 5.56 Å². The van der Waals surface area contributed by atoms with Crippen molar-refractivity contribution < 1.29 is 5.11 Å². The van der Waals surface area contributed by atoms with Crippen LogP contribution in [0.15, 0.2) is 29.3 Å². The molecule has 5 rings (SSSR count). The van der Waals surface area contributed by atoms with Crippen LogP contribution in [0.3, 0.4) is 0 Å². The van der Waals surface area contributed by atoms with Crippen LogP contribution in [0.4, 0.5) is 0 Å². The highest BCUT2D eigenvalue weighted by atomic mass is 16.3. The average Bonchev–Trinajstić information content (AvgIpc) is 3.52. The molecule has 1 N–H and O–H groups in total. The molecule has 2 aromatic rings. The van der Waals surface area contributed by atoms with Crippen LogP contribution in [0.25, 0.3) is 0 Å². The number of nitrogens with zero attached hydrogens (tertiary/aromatic N) is 5. The molecule has 160 valence electrons. The Morgan fingerprint density at radius 2 is 1.77 bits per heavy atom. The van der Waals surface area contributed by atoms with Crippen molar-refractivity contribution in [1.82, 2.24) is 24.6 Å². The number of hydrogen-bond acceptors (Lipinski definition) is 6. The molecule has 0 spiro atoms. The molecule has 4 heterocycles. The standard InChI is InChI=1S/C23H31N5O2/c1-15(2)22-24-11-16(12-25-22)13-27-18-5-6-19(27)10-23(30,9-18)14-28-21(29)8-7-20(26-28)17-3-4-17/h7-8,11-12,15,17-19,30H,3-6,9-10,13-14H2,1-2H3/t18-,19-/m0/s1. The molecule has 2 bridgehead atoms. The Bertz CT molecular complexity index is 952. The summed E-state index contributed by atoms with van der Waals surface area (Å²) in [5.41, 5.74) is 1.12. The van der Waals surface area contributed by atoms with Crippen molar-refractivity contribution in [2.24, 2.45) is 0 Å². The summed E-state index contributed by atoms with van der Waals surface area (Å²) < 4.78 is 1.50. The van der Waals surface area contributed by atoms with Crippen LogP contribution in [0.5, 0.6) is 0 Å². The summed E-state index contributed by atoms with van der Waals surface area (Å²) in [6.07, 6.45) is 9.70. The maximum absolute atomic E-state index is 12.4. The summed E-state index contributed by atoms with van der Waals surface area (Å²) in [7, 11) is 0. The second-order valence-corrected chi connectivity index (χ2v) is 9.82. The molecule has 0 unspecified atom stereocenters. The summed E-state index contributed by atoms with van der Waals surface area (Å²) in [6, 6.07) is 4.09. The van der Waals surface area contributed by atoms with E-state index in [1.54, 1.807) is 6.07 Å². The molecule has 3 fully saturated rings. The lowest BCUT2D eigenvalue weighted by Crippen LogP contribution is -2.53. The van der Waals surface area contributed by atoms with Gasteiger partial charge in [-0.2, -0.15) is 5.10 Å². The third-order valence-corrected chi connectivity index (χ3v) is 6.94. The molecule has 30 heavy (non-hydrogen) atoms. The average molecular weight is 410 g/mol. The molecule has 2 aromatic heterocycles. The van der Waals surface area contributed by atoms with E-state index >= 15 is 0 Å². The van der Waals surface area contributed by atoms with E-state index in [0.29, 0.717) is 43.3 Å². The Morgan fingerprint density at radius 3 is 2.37 bits per heavy atom. The first-order valence-corrected chi connectivity index (χ1v) is 11.3. The molecule has 2 saturated heterocycles. The van der Waals surface area contributed by atoms with E-state index in [0.717, 1.165) is 49.3 Å². The van der Waals surface area contributed by atoms with Crippen molar-refractivity contribution in [3.8, 4) is 0 Å². The van der Waals surface area contributed by atoms with Crippen molar-refractivity contribution in [3.05, 3.63) is 52.0 Å². The maximum atomic E-state index is 12.4. The maximum Gasteiger partial charge on any atom is 0.266 e. The van der Waals surface area contributed by atoms with E-state index in [9.17, 15) is 9.90 Å². The molecule has 3 aliphatic rings. The van der Waals surface area contributed by atoms with E-state index in [1.807, 2.05) is 18.5 Å². The smallest absolute Gasteiger partial charge is 0.266 e. The lowest BCUT2D eigenvalue weighted by molar-refractivity contribution is -0.0678. The molecular formula is C23H31N5O2. The van der Waals surface area contributed by atoms with Crippen LogP contribution in [0, 0.1) is 0 Å². The van der Waals surface area contributed by atoms with Crippen LogP contribution >= 0.6 is 0 Å². The van der Waals surface area contributed by atoms with Gasteiger partial charge in [0.2, 0.25) is 0 Å². The van der Waals surface area contributed by atoms with Gasteiger partial charge >= 0.3 is 0 Å². The van der Waals surface area contributed by atoms with Crippen LogP contribution < -0.4 is 5.56 Å². The second-order valence-electron chi connectivity index (χ2n) is 9.82. The monoisotopic (exact) mass is 409 g/mol. The highest BCUT2D eigenvalue weighted by Gasteiger charge is 2.47. The van der Waals surface area contributed by atoms with Crippen LogP contribution in [-0.2, 0) is 13.1 Å². The number of piperidine rings is 1. The molecule has 0 radical (unpaired) electrons. The van der Waals surface area contributed by atoms with Crippen molar-refractivity contribution in [2.75, 3.05) is 0 Å². The van der Waals surface area contributed by atoms with Crippen molar-refractivity contribution >= 4 is 0 Å². The fourth-order valence-corrected chi connectivity index (χ4v) is 5.21. The van der Waals surface area contributed by atoms with Crippen LogP contribution in [-0.4, -0.2) is 47.4 Å². The van der Waals surface area contributed by atoms with Gasteiger partial charge in [0.05, 0.1) is 17.8 Å². The first kappa shape index (κ1) is 19.8. The Kier molecular flexibility index (Phi) is 4.98. The summed E-state index contributed by atoms with van der Waals surface area (Å²) in [6.45, 7) is 5.31. The van der Waals surface area contributed by atoms with Crippen LogP contribution in [0.2, 0.25) is 0 Å². The molecule has 1 saturated carbocycles. The molecular weight excluding hydrogens is 378 g/mol. The fraction of sp³-hybridized carbons (Fsp3) is 0.652. The first-order chi connectivity index (χ1) is 14.4. The predicted octanol–water partition coefficient (Wildman–Crippen LogP) is 2.59. The molecule has 7 nitrogen and oxygen atoms in total. The second kappa shape index (κ2) is 7.54. The van der Waals surface area contributed by atoms with Gasteiger partial charge in [0.15, 0.2) is 0 Å². The predicted molar refractivity (Wildman–Crippen MR) is 113 cm³/mol. The number of fused-ring (bicyclic) bond motifs is 2. The zero-order chi connectivity index (χ0) is 20.9. The van der Waals surface area contributed by atoms with E-state index in [2.05, 4.69) is 33.8 Å². The van der Waals surface area contributed by atoms with Gasteiger partial charge < -0.3 is 5.11 Å². The minimum Gasteiger partial charge on any atom is -0.388 e. The van der Waals surface area contributed by atoms with Gasteiger partial charge in [-0.25, -0.2) is 14.6 Å². The van der Waals surface area contributed by atoms with Gasteiger partial charge in [-0.3, -0.25) is 9.69 Å². The zero-order valence-corrected chi connectivity index (χ0v) is 17.9. The summed E-state index contributed by atoms with van der Waals surface area (Å²) in [5.74, 6) is 1.70. The zero-order valence-electron chi connectivity index (χ0n) is 17.9. The van der Waals surface area contributed by atoms with E-state index in [4.69, 9.17) is 0 Å². The molecule has 0 amide bonds. The van der Waals surface area contributed by atoms with Gasteiger partial charge in [-0.1, -0.05) is 13.8 Å². The largest absolute Gasteiger partial charge is 0.388 e. The first-order valence-electron chi connectivity index (χ1n) is 11.3. The Balaban J connectivity index is 1.29. The number of hydrogen-bond donors (Lipinski definition) is 1. The van der Waals surface area contributed by atoms with Gasteiger partial charge in [0.1, 0.15) is 5.82 Å². The highest BCUT2D eigenvalue weighted by molar-refractivity contribution is 5.13.